The molecule has 0 radical (unpaired) electrons. The molecular formula is C22H22FN5O2. The largest absolute Gasteiger partial charge is 0.352 e. The number of aryl methyl sites for hydroxylation is 3. The van der Waals surface area contributed by atoms with Crippen molar-refractivity contribution < 1.29 is 14.0 Å². The van der Waals surface area contributed by atoms with Crippen LogP contribution in [0.2, 0.25) is 0 Å². The fraction of sp³-hybridized carbons (Fsp3) is 0.227. The topological polar surface area (TPSA) is 96.9 Å². The van der Waals surface area contributed by atoms with Crippen molar-refractivity contribution in [3.8, 4) is 0 Å². The van der Waals surface area contributed by atoms with E-state index in [0.29, 0.717) is 24.4 Å². The van der Waals surface area contributed by atoms with Crippen LogP contribution in [0.5, 0.6) is 0 Å². The smallest absolute Gasteiger partial charge is 0.257 e. The van der Waals surface area contributed by atoms with Gasteiger partial charge in [0.25, 0.3) is 11.8 Å². The van der Waals surface area contributed by atoms with Crippen molar-refractivity contribution in [2.45, 2.75) is 27.2 Å². The summed E-state index contributed by atoms with van der Waals surface area (Å²) in [6.45, 7) is 5.84. The van der Waals surface area contributed by atoms with Crippen LogP contribution in [-0.4, -0.2) is 33.3 Å². The standard InChI is InChI=1S/C22H22FN5O2/c1-13-4-6-24-12-19(13)22(30)28-18-10-16(9-17(23)11-18)21(29)25-7-5-20-26-14(2)8-15(3)27-20/h4,6,8-12H,5,7H2,1-3H3,(H,25,29)(H,28,30). The number of rotatable bonds is 6. The quantitative estimate of drug-likeness (QED) is 0.654. The first-order valence-electron chi connectivity index (χ1n) is 9.44. The van der Waals surface area contributed by atoms with Crippen LogP contribution < -0.4 is 10.6 Å². The molecule has 1 aromatic carbocycles. The van der Waals surface area contributed by atoms with Crippen LogP contribution in [0, 0.1) is 26.6 Å². The minimum Gasteiger partial charge on any atom is -0.352 e. The number of benzene rings is 1. The second-order valence-electron chi connectivity index (χ2n) is 6.95. The zero-order valence-corrected chi connectivity index (χ0v) is 17.0. The van der Waals surface area contributed by atoms with Crippen LogP contribution in [-0.2, 0) is 6.42 Å². The predicted molar refractivity (Wildman–Crippen MR) is 111 cm³/mol. The van der Waals surface area contributed by atoms with Crippen molar-refractivity contribution in [1.82, 2.24) is 20.3 Å². The van der Waals surface area contributed by atoms with E-state index < -0.39 is 17.6 Å². The molecule has 0 spiro atoms. The monoisotopic (exact) mass is 407 g/mol. The number of pyridine rings is 1. The number of amides is 2. The summed E-state index contributed by atoms with van der Waals surface area (Å²) in [5.41, 5.74) is 3.13. The van der Waals surface area contributed by atoms with Crippen LogP contribution >= 0.6 is 0 Å². The van der Waals surface area contributed by atoms with Crippen molar-refractivity contribution in [3.63, 3.8) is 0 Å². The average Bonchev–Trinajstić information content (AvgIpc) is 2.67. The number of nitrogens with zero attached hydrogens (tertiary/aromatic N) is 3. The molecule has 30 heavy (non-hydrogen) atoms. The van der Waals surface area contributed by atoms with Crippen molar-refractivity contribution in [2.24, 2.45) is 0 Å². The number of hydrogen-bond acceptors (Lipinski definition) is 5. The third kappa shape index (κ3) is 5.44. The third-order valence-corrected chi connectivity index (χ3v) is 4.36. The summed E-state index contributed by atoms with van der Waals surface area (Å²) >= 11 is 0. The van der Waals surface area contributed by atoms with E-state index in [1.807, 2.05) is 19.9 Å². The van der Waals surface area contributed by atoms with Crippen LogP contribution in [0.4, 0.5) is 10.1 Å². The highest BCUT2D eigenvalue weighted by Crippen LogP contribution is 2.16. The Balaban J connectivity index is 1.66. The minimum atomic E-state index is -0.626. The summed E-state index contributed by atoms with van der Waals surface area (Å²) < 4.78 is 14.0. The lowest BCUT2D eigenvalue weighted by Gasteiger charge is -2.10. The Morgan fingerprint density at radius 2 is 1.73 bits per heavy atom. The molecule has 2 heterocycles. The van der Waals surface area contributed by atoms with Gasteiger partial charge in [-0.05, 0) is 56.7 Å². The van der Waals surface area contributed by atoms with Crippen molar-refractivity contribution >= 4 is 17.5 Å². The molecule has 2 amide bonds. The average molecular weight is 407 g/mol. The number of aromatic nitrogens is 3. The normalized spacial score (nSPS) is 10.5. The summed E-state index contributed by atoms with van der Waals surface area (Å²) in [4.78, 5) is 37.4. The molecule has 2 aromatic heterocycles. The Kier molecular flexibility index (Phi) is 6.46. The summed E-state index contributed by atoms with van der Waals surface area (Å²) in [6, 6.07) is 7.28. The highest BCUT2D eigenvalue weighted by Gasteiger charge is 2.13. The zero-order chi connectivity index (χ0) is 21.7. The number of carbonyl (C=O) groups is 2. The van der Waals surface area contributed by atoms with E-state index in [0.717, 1.165) is 29.1 Å². The molecule has 0 aliphatic heterocycles. The second-order valence-corrected chi connectivity index (χ2v) is 6.95. The first-order valence-corrected chi connectivity index (χ1v) is 9.44. The van der Waals surface area contributed by atoms with Gasteiger partial charge in [0, 0.05) is 48.0 Å². The van der Waals surface area contributed by atoms with Gasteiger partial charge in [-0.25, -0.2) is 14.4 Å². The van der Waals surface area contributed by atoms with Crippen LogP contribution in [0.3, 0.4) is 0 Å². The Labute approximate surface area is 173 Å². The van der Waals surface area contributed by atoms with Gasteiger partial charge in [-0.2, -0.15) is 0 Å². The van der Waals surface area contributed by atoms with Gasteiger partial charge in [-0.1, -0.05) is 0 Å². The Morgan fingerprint density at radius 1 is 1.00 bits per heavy atom. The van der Waals surface area contributed by atoms with E-state index in [2.05, 4.69) is 25.6 Å². The van der Waals surface area contributed by atoms with Gasteiger partial charge in [0.2, 0.25) is 0 Å². The van der Waals surface area contributed by atoms with Crippen LogP contribution in [0.1, 0.15) is 43.5 Å². The SMILES string of the molecule is Cc1cc(C)nc(CCNC(=O)c2cc(F)cc(NC(=O)c3cnccc3C)c2)n1. The number of halogens is 1. The fourth-order valence-electron chi connectivity index (χ4n) is 2.99. The molecule has 0 aliphatic carbocycles. The lowest BCUT2D eigenvalue weighted by molar-refractivity contribution is 0.0952. The van der Waals surface area contributed by atoms with Crippen LogP contribution in [0.15, 0.2) is 42.7 Å². The summed E-state index contributed by atoms with van der Waals surface area (Å²) in [7, 11) is 0. The molecule has 0 aliphatic rings. The van der Waals surface area contributed by atoms with Gasteiger partial charge < -0.3 is 10.6 Å². The minimum absolute atomic E-state index is 0.106. The molecule has 0 unspecified atom stereocenters. The van der Waals surface area contributed by atoms with Gasteiger partial charge in [-0.15, -0.1) is 0 Å². The number of nitrogens with one attached hydrogen (secondary N) is 2. The van der Waals surface area contributed by atoms with E-state index in [1.165, 1.54) is 12.3 Å². The first-order chi connectivity index (χ1) is 14.3. The number of anilines is 1. The molecule has 8 heteroatoms. The van der Waals surface area contributed by atoms with Gasteiger partial charge in [-0.3, -0.25) is 14.6 Å². The molecule has 7 nitrogen and oxygen atoms in total. The fourth-order valence-corrected chi connectivity index (χ4v) is 2.99. The molecule has 0 saturated heterocycles. The van der Waals surface area contributed by atoms with E-state index in [-0.39, 0.29) is 11.3 Å². The van der Waals surface area contributed by atoms with Gasteiger partial charge in [0.15, 0.2) is 0 Å². The van der Waals surface area contributed by atoms with Crippen molar-refractivity contribution in [1.29, 1.82) is 0 Å². The van der Waals surface area contributed by atoms with Gasteiger partial charge in [0.05, 0.1) is 5.56 Å². The van der Waals surface area contributed by atoms with E-state index in [9.17, 15) is 14.0 Å². The molecule has 0 fully saturated rings. The number of carbonyl (C=O) groups excluding carboxylic acids is 2. The highest BCUT2D eigenvalue weighted by atomic mass is 19.1. The van der Waals surface area contributed by atoms with Crippen molar-refractivity contribution in [3.05, 3.63) is 82.4 Å². The first kappa shape index (κ1) is 21.0. The second kappa shape index (κ2) is 9.21. The van der Waals surface area contributed by atoms with E-state index in [4.69, 9.17) is 0 Å². The molecular weight excluding hydrogens is 385 g/mol. The summed E-state index contributed by atoms with van der Waals surface area (Å²) in [5.74, 6) is -0.873. The molecule has 154 valence electrons. The molecule has 0 atom stereocenters. The van der Waals surface area contributed by atoms with Gasteiger partial charge >= 0.3 is 0 Å². The molecule has 0 saturated carbocycles. The van der Waals surface area contributed by atoms with Crippen LogP contribution in [0.25, 0.3) is 0 Å². The maximum Gasteiger partial charge on any atom is 0.257 e. The Bertz CT molecular complexity index is 1080. The highest BCUT2D eigenvalue weighted by molar-refractivity contribution is 6.05. The zero-order valence-electron chi connectivity index (χ0n) is 17.0. The predicted octanol–water partition coefficient (Wildman–Crippen LogP) is 3.16. The maximum absolute atomic E-state index is 14.0. The van der Waals surface area contributed by atoms with Gasteiger partial charge in [0.1, 0.15) is 11.6 Å². The van der Waals surface area contributed by atoms with E-state index in [1.54, 1.807) is 19.2 Å². The van der Waals surface area contributed by atoms with E-state index >= 15 is 0 Å². The molecule has 3 aromatic rings. The molecule has 2 N–H and O–H groups in total. The molecule has 3 rings (SSSR count). The molecule has 0 bridgehead atoms. The summed E-state index contributed by atoms with van der Waals surface area (Å²) in [5, 5.41) is 5.34. The Morgan fingerprint density at radius 3 is 2.43 bits per heavy atom. The maximum atomic E-state index is 14.0. The number of hydrogen-bond donors (Lipinski definition) is 2. The lowest BCUT2D eigenvalue weighted by Crippen LogP contribution is -2.26. The van der Waals surface area contributed by atoms with Crippen molar-refractivity contribution in [2.75, 3.05) is 11.9 Å². The summed E-state index contributed by atoms with van der Waals surface area (Å²) in [6.07, 6.45) is 3.47. The lowest BCUT2D eigenvalue weighted by atomic mass is 10.1. The Hall–Kier alpha value is -3.68. The third-order valence-electron chi connectivity index (χ3n) is 4.36.